The lowest BCUT2D eigenvalue weighted by Gasteiger charge is -2.25. The summed E-state index contributed by atoms with van der Waals surface area (Å²) in [6, 6.07) is 13.3. The molecule has 7 heteroatoms. The molecular formula is C25H27N3O4. The molecule has 1 amide bonds. The summed E-state index contributed by atoms with van der Waals surface area (Å²) in [4.78, 5) is 34.6. The first-order valence-corrected chi connectivity index (χ1v) is 11.3. The number of aromatic amines is 1. The van der Waals surface area contributed by atoms with Gasteiger partial charge >= 0.3 is 0 Å². The van der Waals surface area contributed by atoms with Gasteiger partial charge in [-0.25, -0.2) is 4.98 Å². The molecule has 3 aromatic rings. The third-order valence-corrected chi connectivity index (χ3v) is 6.24. The maximum Gasteiger partial charge on any atom is 0.261 e. The summed E-state index contributed by atoms with van der Waals surface area (Å²) in [7, 11) is 0. The van der Waals surface area contributed by atoms with E-state index in [1.165, 1.54) is 17.5 Å². The van der Waals surface area contributed by atoms with Crippen molar-refractivity contribution in [3.8, 4) is 5.75 Å². The number of benzene rings is 2. The molecule has 2 aromatic carbocycles. The van der Waals surface area contributed by atoms with E-state index in [1.54, 1.807) is 17.0 Å². The van der Waals surface area contributed by atoms with Crippen LogP contribution in [0.2, 0.25) is 0 Å². The lowest BCUT2D eigenvalue weighted by molar-refractivity contribution is -0.135. The third-order valence-electron chi connectivity index (χ3n) is 6.24. The summed E-state index contributed by atoms with van der Waals surface area (Å²) >= 11 is 0. The Morgan fingerprint density at radius 2 is 2.03 bits per heavy atom. The number of hydrogen-bond donors (Lipinski definition) is 1. The van der Waals surface area contributed by atoms with Gasteiger partial charge in [0.1, 0.15) is 11.6 Å². The van der Waals surface area contributed by atoms with Crippen LogP contribution in [-0.4, -0.2) is 46.6 Å². The third kappa shape index (κ3) is 4.53. The van der Waals surface area contributed by atoms with Crippen LogP contribution in [-0.2, 0) is 28.9 Å². The maximum atomic E-state index is 13.1. The second-order valence-corrected chi connectivity index (χ2v) is 8.51. The molecule has 0 spiro atoms. The summed E-state index contributed by atoms with van der Waals surface area (Å²) in [6.07, 6.45) is 5.24. The topological polar surface area (TPSA) is 84.5 Å². The van der Waals surface area contributed by atoms with Crippen LogP contribution in [0.3, 0.4) is 0 Å². The van der Waals surface area contributed by atoms with Crippen molar-refractivity contribution in [2.24, 2.45) is 0 Å². The second-order valence-electron chi connectivity index (χ2n) is 8.51. The standard InChI is InChI=1S/C25H27N3O4/c29-24(16-32-19-11-10-17-5-3-6-18(17)13-19)28(14-20-7-4-12-31-20)15-23-26-22-9-2-1-8-21(22)25(30)27-23/h1-2,8-11,13,20H,3-7,12,14-16H2,(H,26,27,30)/t20-/m1/s1. The number of nitrogens with one attached hydrogen (secondary N) is 1. The van der Waals surface area contributed by atoms with Crippen LogP contribution in [0, 0.1) is 0 Å². The Morgan fingerprint density at radius 1 is 1.16 bits per heavy atom. The quantitative estimate of drug-likeness (QED) is 0.619. The molecule has 0 bridgehead atoms. The summed E-state index contributed by atoms with van der Waals surface area (Å²) in [5, 5.41) is 0.535. The number of aryl methyl sites for hydroxylation is 2. The van der Waals surface area contributed by atoms with Crippen molar-refractivity contribution < 1.29 is 14.3 Å². The Bertz CT molecular complexity index is 1180. The number of ether oxygens (including phenoxy) is 2. The van der Waals surface area contributed by atoms with Gasteiger partial charge in [-0.05, 0) is 67.5 Å². The fourth-order valence-corrected chi connectivity index (χ4v) is 4.55. The molecular weight excluding hydrogens is 406 g/mol. The number of aromatic nitrogens is 2. The molecule has 2 heterocycles. The van der Waals surface area contributed by atoms with Gasteiger partial charge in [-0.2, -0.15) is 0 Å². The molecule has 1 saturated heterocycles. The average molecular weight is 434 g/mol. The van der Waals surface area contributed by atoms with E-state index in [9.17, 15) is 9.59 Å². The van der Waals surface area contributed by atoms with E-state index < -0.39 is 0 Å². The summed E-state index contributed by atoms with van der Waals surface area (Å²) in [6.45, 7) is 1.29. The SMILES string of the molecule is O=C(COc1ccc2c(c1)CCC2)N(Cc1nc2ccccc2c(=O)[nH]1)C[C@H]1CCCO1. The molecule has 1 fully saturated rings. The minimum Gasteiger partial charge on any atom is -0.484 e. The van der Waals surface area contributed by atoms with E-state index in [4.69, 9.17) is 9.47 Å². The zero-order valence-electron chi connectivity index (χ0n) is 18.0. The first-order chi connectivity index (χ1) is 15.7. The van der Waals surface area contributed by atoms with E-state index in [0.717, 1.165) is 25.7 Å². The number of carbonyl (C=O) groups is 1. The number of carbonyl (C=O) groups excluding carboxylic acids is 1. The molecule has 166 valence electrons. The Morgan fingerprint density at radius 3 is 2.91 bits per heavy atom. The van der Waals surface area contributed by atoms with Gasteiger partial charge < -0.3 is 19.4 Å². The van der Waals surface area contributed by atoms with Gasteiger partial charge in [-0.15, -0.1) is 0 Å². The van der Waals surface area contributed by atoms with Gasteiger partial charge in [0.15, 0.2) is 6.61 Å². The number of nitrogens with zero attached hydrogens (tertiary/aromatic N) is 2. The van der Waals surface area contributed by atoms with Crippen molar-refractivity contribution in [3.63, 3.8) is 0 Å². The minimum atomic E-state index is -0.204. The van der Waals surface area contributed by atoms with Crippen LogP contribution in [0.5, 0.6) is 5.75 Å². The van der Waals surface area contributed by atoms with E-state index in [0.29, 0.717) is 35.6 Å². The normalized spacial score (nSPS) is 17.4. The fraction of sp³-hybridized carbons (Fsp3) is 0.400. The van der Waals surface area contributed by atoms with Gasteiger partial charge in [-0.3, -0.25) is 9.59 Å². The average Bonchev–Trinajstić information content (AvgIpc) is 3.48. The predicted octanol–water partition coefficient (Wildman–Crippen LogP) is 3.00. The zero-order valence-corrected chi connectivity index (χ0v) is 18.0. The smallest absolute Gasteiger partial charge is 0.261 e. The van der Waals surface area contributed by atoms with Crippen molar-refractivity contribution in [2.45, 2.75) is 44.8 Å². The van der Waals surface area contributed by atoms with Gasteiger partial charge in [0, 0.05) is 13.2 Å². The number of H-pyrrole nitrogens is 1. The molecule has 32 heavy (non-hydrogen) atoms. The Hall–Kier alpha value is -3.19. The van der Waals surface area contributed by atoms with Gasteiger partial charge in [0.05, 0.1) is 23.6 Å². The van der Waals surface area contributed by atoms with Crippen LogP contribution in [0.4, 0.5) is 0 Å². The molecule has 0 unspecified atom stereocenters. The van der Waals surface area contributed by atoms with Gasteiger partial charge in [0.2, 0.25) is 0 Å². The molecule has 0 saturated carbocycles. The highest BCUT2D eigenvalue weighted by molar-refractivity contribution is 5.78. The van der Waals surface area contributed by atoms with Crippen LogP contribution >= 0.6 is 0 Å². The molecule has 7 nitrogen and oxygen atoms in total. The molecule has 1 aliphatic heterocycles. The van der Waals surface area contributed by atoms with Crippen molar-refractivity contribution in [1.82, 2.24) is 14.9 Å². The molecule has 2 aliphatic rings. The van der Waals surface area contributed by atoms with Gasteiger partial charge in [-0.1, -0.05) is 18.2 Å². The highest BCUT2D eigenvalue weighted by atomic mass is 16.5. The van der Waals surface area contributed by atoms with E-state index >= 15 is 0 Å². The summed E-state index contributed by atoms with van der Waals surface area (Å²) < 4.78 is 11.6. The summed E-state index contributed by atoms with van der Waals surface area (Å²) in [5.74, 6) is 1.02. The fourth-order valence-electron chi connectivity index (χ4n) is 4.55. The number of fused-ring (bicyclic) bond motifs is 2. The van der Waals surface area contributed by atoms with Crippen molar-refractivity contribution in [3.05, 3.63) is 69.8 Å². The number of amides is 1. The first-order valence-electron chi connectivity index (χ1n) is 11.3. The van der Waals surface area contributed by atoms with Gasteiger partial charge in [0.25, 0.3) is 11.5 Å². The minimum absolute atomic E-state index is 0.00822. The van der Waals surface area contributed by atoms with Crippen molar-refractivity contribution in [1.29, 1.82) is 0 Å². The zero-order chi connectivity index (χ0) is 21.9. The molecule has 1 aromatic heterocycles. The lowest BCUT2D eigenvalue weighted by atomic mass is 10.1. The van der Waals surface area contributed by atoms with Crippen LogP contribution in [0.1, 0.15) is 36.2 Å². The summed E-state index contributed by atoms with van der Waals surface area (Å²) in [5.41, 5.74) is 3.09. The maximum absolute atomic E-state index is 13.1. The van der Waals surface area contributed by atoms with Crippen LogP contribution < -0.4 is 10.3 Å². The second kappa shape index (κ2) is 9.12. The molecule has 1 aliphatic carbocycles. The molecule has 5 rings (SSSR count). The number of hydrogen-bond acceptors (Lipinski definition) is 5. The molecule has 1 atom stereocenters. The Labute approximate surface area is 186 Å². The van der Waals surface area contributed by atoms with Crippen LogP contribution in [0.15, 0.2) is 47.3 Å². The Balaban J connectivity index is 1.32. The first kappa shape index (κ1) is 20.7. The van der Waals surface area contributed by atoms with Crippen molar-refractivity contribution >= 4 is 16.8 Å². The molecule has 1 N–H and O–H groups in total. The largest absolute Gasteiger partial charge is 0.484 e. The monoisotopic (exact) mass is 433 g/mol. The molecule has 0 radical (unpaired) electrons. The highest BCUT2D eigenvalue weighted by Crippen LogP contribution is 2.26. The number of para-hydroxylation sites is 1. The van der Waals surface area contributed by atoms with Crippen LogP contribution in [0.25, 0.3) is 10.9 Å². The Kier molecular flexibility index (Phi) is 5.90. The van der Waals surface area contributed by atoms with Crippen molar-refractivity contribution in [2.75, 3.05) is 19.8 Å². The lowest BCUT2D eigenvalue weighted by Crippen LogP contribution is -2.40. The van der Waals surface area contributed by atoms with E-state index in [2.05, 4.69) is 16.0 Å². The van der Waals surface area contributed by atoms with E-state index in [-0.39, 0.29) is 30.7 Å². The highest BCUT2D eigenvalue weighted by Gasteiger charge is 2.24. The van der Waals surface area contributed by atoms with E-state index in [1.807, 2.05) is 24.3 Å². The predicted molar refractivity (Wildman–Crippen MR) is 121 cm³/mol. The number of rotatable bonds is 7.